The minimum absolute atomic E-state index is 0.234. The summed E-state index contributed by atoms with van der Waals surface area (Å²) < 4.78 is 7.11. The molecule has 1 aromatic rings. The van der Waals surface area contributed by atoms with Gasteiger partial charge in [-0.25, -0.2) is 0 Å². The van der Waals surface area contributed by atoms with Crippen LogP contribution in [0.25, 0.3) is 0 Å². The fourth-order valence-electron chi connectivity index (χ4n) is 1.56. The first-order valence-electron chi connectivity index (χ1n) is 6.19. The van der Waals surface area contributed by atoms with Gasteiger partial charge in [0.25, 0.3) is 0 Å². The van der Waals surface area contributed by atoms with E-state index in [1.165, 1.54) is 5.56 Å². The highest BCUT2D eigenvalue weighted by atomic mass is 79.9. The second kappa shape index (κ2) is 7.02. The van der Waals surface area contributed by atoms with Crippen LogP contribution in [0.5, 0.6) is 5.75 Å². The van der Waals surface area contributed by atoms with Gasteiger partial charge in [-0.2, -0.15) is 0 Å². The third-order valence-corrected chi connectivity index (χ3v) is 3.13. The third kappa shape index (κ3) is 5.09. The summed E-state index contributed by atoms with van der Waals surface area (Å²) in [5, 5.41) is 3.41. The van der Waals surface area contributed by atoms with Crippen LogP contribution in [-0.4, -0.2) is 18.7 Å². The van der Waals surface area contributed by atoms with E-state index in [0.29, 0.717) is 6.04 Å². The van der Waals surface area contributed by atoms with Gasteiger partial charge in [0.05, 0.1) is 0 Å². The van der Waals surface area contributed by atoms with Crippen LogP contribution in [-0.2, 0) is 0 Å². The molecule has 0 aliphatic carbocycles. The van der Waals surface area contributed by atoms with Gasteiger partial charge in [-0.15, -0.1) is 0 Å². The molecule has 1 unspecified atom stereocenters. The molecule has 0 aromatic heterocycles. The van der Waals surface area contributed by atoms with Crippen molar-refractivity contribution >= 4 is 15.9 Å². The molecule has 1 aromatic carbocycles. The molecule has 96 valence electrons. The Morgan fingerprint density at radius 2 is 2.06 bits per heavy atom. The van der Waals surface area contributed by atoms with Crippen molar-refractivity contribution in [2.24, 2.45) is 0 Å². The molecule has 0 aliphatic heterocycles. The average molecular weight is 300 g/mol. The lowest BCUT2D eigenvalue weighted by Gasteiger charge is -2.20. The topological polar surface area (TPSA) is 21.3 Å². The fourth-order valence-corrected chi connectivity index (χ4v) is 2.04. The van der Waals surface area contributed by atoms with E-state index in [2.05, 4.69) is 55.0 Å². The van der Waals surface area contributed by atoms with Crippen LogP contribution in [0.3, 0.4) is 0 Å². The Labute approximate surface area is 113 Å². The van der Waals surface area contributed by atoms with Gasteiger partial charge in [0.1, 0.15) is 11.9 Å². The van der Waals surface area contributed by atoms with Crippen molar-refractivity contribution in [3.63, 3.8) is 0 Å². The molecule has 0 spiro atoms. The largest absolute Gasteiger partial charge is 0.489 e. The van der Waals surface area contributed by atoms with Crippen LogP contribution >= 0.6 is 15.9 Å². The number of rotatable bonds is 6. The van der Waals surface area contributed by atoms with Crippen LogP contribution in [0, 0.1) is 6.92 Å². The number of nitrogens with one attached hydrogen (secondary N) is 1. The highest BCUT2D eigenvalue weighted by Gasteiger charge is 2.10. The molecule has 1 rings (SSSR count). The van der Waals surface area contributed by atoms with Crippen molar-refractivity contribution < 1.29 is 4.74 Å². The molecular formula is C14H22BrNO. The fraction of sp³-hybridized carbons (Fsp3) is 0.571. The summed E-state index contributed by atoms with van der Waals surface area (Å²) in [6.45, 7) is 9.42. The standard InChI is InChI=1S/C14H22BrNO/c1-5-13(9-16-10(2)3)17-14-7-6-12(15)8-11(14)4/h6-8,10,13,16H,5,9H2,1-4H3. The van der Waals surface area contributed by atoms with Crippen molar-refractivity contribution in [3.05, 3.63) is 28.2 Å². The lowest BCUT2D eigenvalue weighted by atomic mass is 10.2. The lowest BCUT2D eigenvalue weighted by molar-refractivity contribution is 0.189. The normalized spacial score (nSPS) is 12.8. The van der Waals surface area contributed by atoms with E-state index < -0.39 is 0 Å². The van der Waals surface area contributed by atoms with E-state index in [1.807, 2.05) is 12.1 Å². The monoisotopic (exact) mass is 299 g/mol. The van der Waals surface area contributed by atoms with E-state index in [9.17, 15) is 0 Å². The summed E-state index contributed by atoms with van der Waals surface area (Å²) >= 11 is 3.46. The number of halogens is 1. The van der Waals surface area contributed by atoms with Crippen LogP contribution in [0.1, 0.15) is 32.8 Å². The maximum Gasteiger partial charge on any atom is 0.122 e. The SMILES string of the molecule is CCC(CNC(C)C)Oc1ccc(Br)cc1C. The van der Waals surface area contributed by atoms with E-state index >= 15 is 0 Å². The summed E-state index contributed by atoms with van der Waals surface area (Å²) in [5.74, 6) is 0.977. The first-order valence-corrected chi connectivity index (χ1v) is 6.98. The maximum absolute atomic E-state index is 6.02. The molecule has 2 nitrogen and oxygen atoms in total. The zero-order chi connectivity index (χ0) is 12.8. The van der Waals surface area contributed by atoms with Crippen LogP contribution in [0.2, 0.25) is 0 Å². The Morgan fingerprint density at radius 1 is 1.35 bits per heavy atom. The summed E-state index contributed by atoms with van der Waals surface area (Å²) in [7, 11) is 0. The Hall–Kier alpha value is -0.540. The summed E-state index contributed by atoms with van der Waals surface area (Å²) in [6.07, 6.45) is 1.24. The van der Waals surface area contributed by atoms with Crippen LogP contribution in [0.4, 0.5) is 0 Å². The van der Waals surface area contributed by atoms with Crippen molar-refractivity contribution in [2.45, 2.75) is 46.3 Å². The smallest absolute Gasteiger partial charge is 0.122 e. The first kappa shape index (κ1) is 14.5. The van der Waals surface area contributed by atoms with E-state index in [0.717, 1.165) is 23.2 Å². The van der Waals surface area contributed by atoms with Crippen LogP contribution < -0.4 is 10.1 Å². The zero-order valence-electron chi connectivity index (χ0n) is 11.1. The molecule has 1 N–H and O–H groups in total. The highest BCUT2D eigenvalue weighted by Crippen LogP contribution is 2.23. The van der Waals surface area contributed by atoms with Gasteiger partial charge in [-0.1, -0.05) is 36.7 Å². The minimum atomic E-state index is 0.234. The van der Waals surface area contributed by atoms with Gasteiger partial charge in [0.15, 0.2) is 0 Å². The molecule has 1 atom stereocenters. The number of benzene rings is 1. The molecule has 3 heteroatoms. The second-order valence-corrected chi connectivity index (χ2v) is 5.54. The molecule has 0 saturated heterocycles. The molecule has 0 heterocycles. The van der Waals surface area contributed by atoms with Gasteiger partial charge in [0, 0.05) is 17.1 Å². The molecule has 0 aliphatic rings. The molecule has 0 bridgehead atoms. The van der Waals surface area contributed by atoms with E-state index in [4.69, 9.17) is 4.74 Å². The summed E-state index contributed by atoms with van der Waals surface area (Å²) in [4.78, 5) is 0. The number of hydrogen-bond acceptors (Lipinski definition) is 2. The average Bonchev–Trinajstić information content (AvgIpc) is 2.26. The second-order valence-electron chi connectivity index (χ2n) is 4.62. The molecule has 17 heavy (non-hydrogen) atoms. The molecule has 0 saturated carbocycles. The Bertz CT molecular complexity index is 352. The molecule has 0 amide bonds. The molecule has 0 fully saturated rings. The summed E-state index contributed by atoms with van der Waals surface area (Å²) in [6, 6.07) is 6.62. The van der Waals surface area contributed by atoms with Crippen molar-refractivity contribution in [2.75, 3.05) is 6.54 Å². The number of aryl methyl sites for hydroxylation is 1. The lowest BCUT2D eigenvalue weighted by Crippen LogP contribution is -2.35. The van der Waals surface area contributed by atoms with Crippen molar-refractivity contribution in [3.8, 4) is 5.75 Å². The van der Waals surface area contributed by atoms with E-state index in [1.54, 1.807) is 0 Å². The maximum atomic E-state index is 6.02. The summed E-state index contributed by atoms with van der Waals surface area (Å²) in [5.41, 5.74) is 1.17. The Kier molecular flexibility index (Phi) is 6.00. The van der Waals surface area contributed by atoms with Gasteiger partial charge >= 0.3 is 0 Å². The molecular weight excluding hydrogens is 278 g/mol. The number of ether oxygens (including phenoxy) is 1. The minimum Gasteiger partial charge on any atom is -0.489 e. The Balaban J connectivity index is 2.60. The zero-order valence-corrected chi connectivity index (χ0v) is 12.7. The van der Waals surface area contributed by atoms with E-state index in [-0.39, 0.29) is 6.10 Å². The van der Waals surface area contributed by atoms with Gasteiger partial charge in [-0.05, 0) is 37.1 Å². The van der Waals surface area contributed by atoms with Gasteiger partial charge < -0.3 is 10.1 Å². The van der Waals surface area contributed by atoms with Crippen molar-refractivity contribution in [1.29, 1.82) is 0 Å². The quantitative estimate of drug-likeness (QED) is 0.860. The Morgan fingerprint density at radius 3 is 2.59 bits per heavy atom. The highest BCUT2D eigenvalue weighted by molar-refractivity contribution is 9.10. The molecule has 0 radical (unpaired) electrons. The predicted molar refractivity (Wildman–Crippen MR) is 76.7 cm³/mol. The number of hydrogen-bond donors (Lipinski definition) is 1. The predicted octanol–water partition coefficient (Wildman–Crippen LogP) is 3.91. The third-order valence-electron chi connectivity index (χ3n) is 2.64. The van der Waals surface area contributed by atoms with Crippen LogP contribution in [0.15, 0.2) is 22.7 Å². The first-order chi connectivity index (χ1) is 8.02. The van der Waals surface area contributed by atoms with Gasteiger partial charge in [0.2, 0.25) is 0 Å². The van der Waals surface area contributed by atoms with Gasteiger partial charge in [-0.3, -0.25) is 0 Å². The van der Waals surface area contributed by atoms with Crippen molar-refractivity contribution in [1.82, 2.24) is 5.32 Å².